The molecule has 1 fully saturated rings. The molecule has 114 valence electrons. The maximum absolute atomic E-state index is 12.5. The van der Waals surface area contributed by atoms with Gasteiger partial charge in [-0.1, -0.05) is 11.6 Å². The molecular formula is C15H13ClN2O4. The van der Waals surface area contributed by atoms with E-state index in [1.54, 1.807) is 11.2 Å². The molecule has 7 heteroatoms. The largest absolute Gasteiger partial charge is 0.469 e. The summed E-state index contributed by atoms with van der Waals surface area (Å²) in [5.74, 6) is 0.708. The summed E-state index contributed by atoms with van der Waals surface area (Å²) in [6.45, 7) is 1.09. The summed E-state index contributed by atoms with van der Waals surface area (Å²) in [5.41, 5.74) is 0.0190. The Labute approximate surface area is 131 Å². The van der Waals surface area contributed by atoms with Gasteiger partial charge in [0.2, 0.25) is 0 Å². The Morgan fingerprint density at radius 3 is 2.91 bits per heavy atom. The van der Waals surface area contributed by atoms with Crippen molar-refractivity contribution in [3.05, 3.63) is 63.1 Å². The van der Waals surface area contributed by atoms with Gasteiger partial charge in [-0.05, 0) is 24.6 Å². The Bertz CT molecular complexity index is 714. The number of rotatable bonds is 3. The Hall–Kier alpha value is -2.34. The summed E-state index contributed by atoms with van der Waals surface area (Å²) in [6, 6.07) is 7.60. The molecule has 0 bridgehead atoms. The zero-order valence-electron chi connectivity index (χ0n) is 11.6. The number of nitro groups is 1. The molecule has 0 unspecified atom stereocenters. The molecule has 0 N–H and O–H groups in total. The monoisotopic (exact) mass is 320 g/mol. The van der Waals surface area contributed by atoms with Crippen molar-refractivity contribution in [3.8, 4) is 0 Å². The molecule has 1 saturated heterocycles. The van der Waals surface area contributed by atoms with E-state index >= 15 is 0 Å². The van der Waals surface area contributed by atoms with E-state index in [9.17, 15) is 14.9 Å². The molecule has 1 atom stereocenters. The van der Waals surface area contributed by atoms with Crippen LogP contribution in [0.4, 0.5) is 5.69 Å². The highest BCUT2D eigenvalue weighted by atomic mass is 35.5. The first kappa shape index (κ1) is 14.6. The van der Waals surface area contributed by atoms with Crippen LogP contribution in [-0.4, -0.2) is 28.8 Å². The number of non-ortho nitro benzene ring substituents is 1. The molecule has 0 aliphatic carbocycles. The summed E-state index contributed by atoms with van der Waals surface area (Å²) >= 11 is 6.02. The summed E-state index contributed by atoms with van der Waals surface area (Å²) in [4.78, 5) is 24.5. The number of hydrogen-bond donors (Lipinski definition) is 0. The van der Waals surface area contributed by atoms with Crippen molar-refractivity contribution in [2.24, 2.45) is 0 Å². The van der Waals surface area contributed by atoms with Crippen molar-refractivity contribution in [2.45, 2.75) is 12.3 Å². The predicted octanol–water partition coefficient (Wildman–Crippen LogP) is 3.47. The van der Waals surface area contributed by atoms with Crippen molar-refractivity contribution >= 4 is 23.2 Å². The van der Waals surface area contributed by atoms with Crippen LogP contribution in [-0.2, 0) is 0 Å². The molecular weight excluding hydrogens is 308 g/mol. The molecule has 2 aromatic rings. The number of hydrogen-bond acceptors (Lipinski definition) is 4. The molecule has 2 heterocycles. The smallest absolute Gasteiger partial charge is 0.270 e. The van der Waals surface area contributed by atoms with Gasteiger partial charge in [0.15, 0.2) is 0 Å². The molecule has 3 rings (SSSR count). The van der Waals surface area contributed by atoms with E-state index in [4.69, 9.17) is 16.0 Å². The molecule has 22 heavy (non-hydrogen) atoms. The molecule has 1 aromatic carbocycles. The summed E-state index contributed by atoms with van der Waals surface area (Å²) < 4.78 is 5.37. The minimum Gasteiger partial charge on any atom is -0.469 e. The molecule has 6 nitrogen and oxygen atoms in total. The Kier molecular flexibility index (Phi) is 3.85. The number of nitrogens with zero attached hydrogens (tertiary/aromatic N) is 2. The van der Waals surface area contributed by atoms with E-state index in [1.807, 2.05) is 12.1 Å². The second-order valence-electron chi connectivity index (χ2n) is 5.17. The van der Waals surface area contributed by atoms with E-state index in [1.165, 1.54) is 18.2 Å². The van der Waals surface area contributed by atoms with Gasteiger partial charge in [0.1, 0.15) is 5.76 Å². The zero-order chi connectivity index (χ0) is 15.7. The Morgan fingerprint density at radius 2 is 2.23 bits per heavy atom. The van der Waals surface area contributed by atoms with E-state index < -0.39 is 4.92 Å². The highest BCUT2D eigenvalue weighted by molar-refractivity contribution is 6.33. The van der Waals surface area contributed by atoms with Crippen molar-refractivity contribution in [2.75, 3.05) is 13.1 Å². The second kappa shape index (κ2) is 5.81. The third-order valence-electron chi connectivity index (χ3n) is 3.81. The van der Waals surface area contributed by atoms with Gasteiger partial charge in [0, 0.05) is 31.1 Å². The normalized spacial score (nSPS) is 17.7. The van der Waals surface area contributed by atoms with Gasteiger partial charge < -0.3 is 9.32 Å². The van der Waals surface area contributed by atoms with Crippen LogP contribution in [0.2, 0.25) is 5.02 Å². The molecule has 0 spiro atoms. The van der Waals surface area contributed by atoms with E-state index in [2.05, 4.69) is 0 Å². The molecule has 1 amide bonds. The zero-order valence-corrected chi connectivity index (χ0v) is 12.3. The van der Waals surface area contributed by atoms with Gasteiger partial charge >= 0.3 is 0 Å². The fourth-order valence-electron chi connectivity index (χ4n) is 2.66. The topological polar surface area (TPSA) is 76.6 Å². The van der Waals surface area contributed by atoms with Crippen LogP contribution in [0.15, 0.2) is 41.0 Å². The van der Waals surface area contributed by atoms with Gasteiger partial charge in [-0.3, -0.25) is 14.9 Å². The predicted molar refractivity (Wildman–Crippen MR) is 80.1 cm³/mol. The minimum atomic E-state index is -0.539. The van der Waals surface area contributed by atoms with E-state index in [0.717, 1.165) is 12.2 Å². The summed E-state index contributed by atoms with van der Waals surface area (Å²) in [6.07, 6.45) is 2.41. The second-order valence-corrected chi connectivity index (χ2v) is 5.58. The van der Waals surface area contributed by atoms with Crippen LogP contribution in [0.5, 0.6) is 0 Å². The fourth-order valence-corrected chi connectivity index (χ4v) is 2.86. The summed E-state index contributed by atoms with van der Waals surface area (Å²) in [5, 5.41) is 11.1. The fraction of sp³-hybridized carbons (Fsp3) is 0.267. The number of nitro benzene ring substituents is 1. The lowest BCUT2D eigenvalue weighted by Gasteiger charge is -2.16. The van der Waals surface area contributed by atoms with Crippen molar-refractivity contribution in [1.82, 2.24) is 4.90 Å². The average Bonchev–Trinajstić information content (AvgIpc) is 3.17. The van der Waals surface area contributed by atoms with Crippen LogP contribution in [0, 0.1) is 10.1 Å². The number of likely N-dealkylation sites (tertiary alicyclic amines) is 1. The highest BCUT2D eigenvalue weighted by Crippen LogP contribution is 2.30. The standard InChI is InChI=1S/C15H13ClN2O4/c16-13-4-3-11(18(20)21)8-12(13)15(19)17-6-5-10(9-17)14-2-1-7-22-14/h1-4,7-8,10H,5-6,9H2/t10-/m1/s1. The maximum Gasteiger partial charge on any atom is 0.270 e. The first-order chi connectivity index (χ1) is 10.6. The van der Waals surface area contributed by atoms with Gasteiger partial charge in [0.25, 0.3) is 11.6 Å². The lowest BCUT2D eigenvalue weighted by Crippen LogP contribution is -2.28. The number of carbonyl (C=O) groups excluding carboxylic acids is 1. The summed E-state index contributed by atoms with van der Waals surface area (Å²) in [7, 11) is 0. The highest BCUT2D eigenvalue weighted by Gasteiger charge is 2.30. The van der Waals surface area contributed by atoms with Gasteiger partial charge in [0.05, 0.1) is 21.8 Å². The average molecular weight is 321 g/mol. The molecule has 1 aliphatic rings. The van der Waals surface area contributed by atoms with Crippen LogP contribution >= 0.6 is 11.6 Å². The number of benzene rings is 1. The molecule has 1 aliphatic heterocycles. The SMILES string of the molecule is O=C(c1cc([N+](=O)[O-])ccc1Cl)N1CC[C@@H](c2ccco2)C1. The van der Waals surface area contributed by atoms with E-state index in [0.29, 0.717) is 13.1 Å². The van der Waals surface area contributed by atoms with Crippen LogP contribution in [0.25, 0.3) is 0 Å². The number of furan rings is 1. The van der Waals surface area contributed by atoms with E-state index in [-0.39, 0.29) is 28.1 Å². The Morgan fingerprint density at radius 1 is 1.41 bits per heavy atom. The van der Waals surface area contributed by atoms with Crippen molar-refractivity contribution in [3.63, 3.8) is 0 Å². The van der Waals surface area contributed by atoms with Gasteiger partial charge in [-0.25, -0.2) is 0 Å². The lowest BCUT2D eigenvalue weighted by atomic mass is 10.1. The maximum atomic E-state index is 12.5. The number of carbonyl (C=O) groups is 1. The van der Waals surface area contributed by atoms with Crippen LogP contribution < -0.4 is 0 Å². The first-order valence-corrected chi connectivity index (χ1v) is 7.20. The van der Waals surface area contributed by atoms with Crippen molar-refractivity contribution < 1.29 is 14.1 Å². The number of halogens is 1. The third kappa shape index (κ3) is 2.69. The molecule has 0 saturated carbocycles. The van der Waals surface area contributed by atoms with Gasteiger partial charge in [-0.2, -0.15) is 0 Å². The van der Waals surface area contributed by atoms with Crippen LogP contribution in [0.3, 0.4) is 0 Å². The third-order valence-corrected chi connectivity index (χ3v) is 4.14. The molecule has 0 radical (unpaired) electrons. The van der Waals surface area contributed by atoms with Gasteiger partial charge in [-0.15, -0.1) is 0 Å². The Balaban J connectivity index is 1.80. The first-order valence-electron chi connectivity index (χ1n) is 6.83. The number of amides is 1. The minimum absolute atomic E-state index is 0.144. The quantitative estimate of drug-likeness (QED) is 0.641. The van der Waals surface area contributed by atoms with Crippen LogP contribution in [0.1, 0.15) is 28.5 Å². The molecule has 1 aromatic heterocycles. The van der Waals surface area contributed by atoms with Crippen molar-refractivity contribution in [1.29, 1.82) is 0 Å². The lowest BCUT2D eigenvalue weighted by molar-refractivity contribution is -0.384.